The van der Waals surface area contributed by atoms with Crippen molar-refractivity contribution in [2.45, 2.75) is 26.0 Å². The van der Waals surface area contributed by atoms with E-state index in [1.54, 1.807) is 24.2 Å². The van der Waals surface area contributed by atoms with Crippen LogP contribution in [0.1, 0.15) is 17.2 Å². The van der Waals surface area contributed by atoms with Crippen LogP contribution in [0.15, 0.2) is 62.7 Å². The SMILES string of the molecule is Cc1cnc(CC2CSC(Nc3ncc(Br)cc3OCc3ccccc3)=N2)o1. The Morgan fingerprint density at radius 2 is 2.11 bits per heavy atom. The molecule has 0 bridgehead atoms. The minimum absolute atomic E-state index is 0.134. The van der Waals surface area contributed by atoms with Gasteiger partial charge in [-0.3, -0.25) is 4.99 Å². The maximum atomic E-state index is 6.00. The molecule has 0 saturated heterocycles. The van der Waals surface area contributed by atoms with E-state index in [1.807, 2.05) is 43.3 Å². The van der Waals surface area contributed by atoms with Crippen molar-refractivity contribution in [3.8, 4) is 5.75 Å². The number of aryl methyl sites for hydroxylation is 1. The van der Waals surface area contributed by atoms with Gasteiger partial charge in [-0.25, -0.2) is 9.97 Å². The van der Waals surface area contributed by atoms with Crippen molar-refractivity contribution in [3.05, 3.63) is 70.5 Å². The first-order valence-corrected chi connectivity index (χ1v) is 10.6. The van der Waals surface area contributed by atoms with E-state index in [2.05, 4.69) is 31.2 Å². The van der Waals surface area contributed by atoms with Gasteiger partial charge in [0.25, 0.3) is 0 Å². The van der Waals surface area contributed by atoms with Crippen molar-refractivity contribution in [1.29, 1.82) is 0 Å². The predicted octanol–water partition coefficient (Wildman–Crippen LogP) is 4.85. The van der Waals surface area contributed by atoms with E-state index < -0.39 is 0 Å². The van der Waals surface area contributed by atoms with Crippen LogP contribution in [-0.4, -0.2) is 26.9 Å². The molecule has 0 fully saturated rings. The molecule has 6 nitrogen and oxygen atoms in total. The summed E-state index contributed by atoms with van der Waals surface area (Å²) in [6.45, 7) is 2.37. The molecule has 2 aromatic heterocycles. The number of aliphatic imine (C=N–C) groups is 1. The summed E-state index contributed by atoms with van der Waals surface area (Å²) in [6, 6.07) is 12.1. The van der Waals surface area contributed by atoms with Gasteiger partial charge in [0.15, 0.2) is 22.6 Å². The number of oxazole rings is 1. The third kappa shape index (κ3) is 4.94. The van der Waals surface area contributed by atoms with Crippen LogP contribution in [0.3, 0.4) is 0 Å². The van der Waals surface area contributed by atoms with Crippen molar-refractivity contribution < 1.29 is 9.15 Å². The second kappa shape index (κ2) is 8.79. The zero-order chi connectivity index (χ0) is 19.3. The Labute approximate surface area is 176 Å². The number of pyridine rings is 1. The molecule has 3 aromatic rings. The molecule has 1 atom stereocenters. The number of nitrogens with one attached hydrogen (secondary N) is 1. The van der Waals surface area contributed by atoms with Gasteiger partial charge in [-0.1, -0.05) is 42.1 Å². The van der Waals surface area contributed by atoms with Crippen LogP contribution in [0.5, 0.6) is 5.75 Å². The number of anilines is 1. The lowest BCUT2D eigenvalue weighted by atomic mass is 10.2. The molecule has 1 aliphatic rings. The van der Waals surface area contributed by atoms with Crippen LogP contribution in [0.25, 0.3) is 0 Å². The van der Waals surface area contributed by atoms with Gasteiger partial charge >= 0.3 is 0 Å². The molecular formula is C20H19BrN4O2S. The molecule has 144 valence electrons. The van der Waals surface area contributed by atoms with Gasteiger partial charge in [-0.15, -0.1) is 0 Å². The molecule has 4 rings (SSSR count). The number of halogens is 1. The minimum Gasteiger partial charge on any atom is -0.485 e. The van der Waals surface area contributed by atoms with E-state index in [1.165, 1.54) is 0 Å². The molecule has 0 aliphatic carbocycles. The Morgan fingerprint density at radius 1 is 1.25 bits per heavy atom. The zero-order valence-electron chi connectivity index (χ0n) is 15.3. The number of hydrogen-bond acceptors (Lipinski definition) is 7. The molecule has 0 amide bonds. The number of rotatable bonds is 6. The van der Waals surface area contributed by atoms with Crippen LogP contribution in [0.2, 0.25) is 0 Å². The predicted molar refractivity (Wildman–Crippen MR) is 115 cm³/mol. The molecule has 28 heavy (non-hydrogen) atoms. The Balaban J connectivity index is 1.43. The molecular weight excluding hydrogens is 440 g/mol. The molecule has 3 heterocycles. The lowest BCUT2D eigenvalue weighted by Crippen LogP contribution is -2.10. The first-order chi connectivity index (χ1) is 13.7. The first-order valence-electron chi connectivity index (χ1n) is 8.87. The van der Waals surface area contributed by atoms with Crippen molar-refractivity contribution in [1.82, 2.24) is 9.97 Å². The summed E-state index contributed by atoms with van der Waals surface area (Å²) < 4.78 is 12.4. The summed E-state index contributed by atoms with van der Waals surface area (Å²) in [6.07, 6.45) is 4.17. The van der Waals surface area contributed by atoms with Crippen molar-refractivity contribution in [2.24, 2.45) is 4.99 Å². The maximum absolute atomic E-state index is 6.00. The van der Waals surface area contributed by atoms with Gasteiger partial charge in [0.2, 0.25) is 0 Å². The molecule has 0 radical (unpaired) electrons. The van der Waals surface area contributed by atoms with Crippen LogP contribution in [-0.2, 0) is 13.0 Å². The lowest BCUT2D eigenvalue weighted by molar-refractivity contribution is 0.306. The van der Waals surface area contributed by atoms with E-state index in [4.69, 9.17) is 14.1 Å². The van der Waals surface area contributed by atoms with Gasteiger partial charge in [0.1, 0.15) is 12.4 Å². The second-order valence-corrected chi connectivity index (χ2v) is 8.29. The molecule has 8 heteroatoms. The summed E-state index contributed by atoms with van der Waals surface area (Å²) >= 11 is 5.12. The average Bonchev–Trinajstić information content (AvgIpc) is 3.31. The first kappa shape index (κ1) is 19.0. The van der Waals surface area contributed by atoms with Crippen LogP contribution < -0.4 is 10.1 Å². The number of nitrogens with zero attached hydrogens (tertiary/aromatic N) is 3. The van der Waals surface area contributed by atoms with E-state index in [0.717, 1.165) is 32.6 Å². The van der Waals surface area contributed by atoms with E-state index >= 15 is 0 Å². The number of aromatic nitrogens is 2. The number of thioether (sulfide) groups is 1. The second-order valence-electron chi connectivity index (χ2n) is 6.37. The Hall–Kier alpha value is -2.32. The highest BCUT2D eigenvalue weighted by atomic mass is 79.9. The van der Waals surface area contributed by atoms with Gasteiger partial charge in [0.05, 0.1) is 12.2 Å². The summed E-state index contributed by atoms with van der Waals surface area (Å²) in [5.74, 6) is 3.75. The fourth-order valence-corrected chi connectivity index (χ4v) is 3.99. The van der Waals surface area contributed by atoms with E-state index in [9.17, 15) is 0 Å². The van der Waals surface area contributed by atoms with E-state index in [0.29, 0.717) is 24.6 Å². The maximum Gasteiger partial charge on any atom is 0.196 e. The largest absolute Gasteiger partial charge is 0.485 e. The summed E-state index contributed by atoms with van der Waals surface area (Å²) in [5.41, 5.74) is 1.10. The van der Waals surface area contributed by atoms with Crippen LogP contribution in [0, 0.1) is 6.92 Å². The number of ether oxygens (including phenoxy) is 1. The molecule has 0 spiro atoms. The Kier molecular flexibility index (Phi) is 5.97. The standard InChI is InChI=1S/C20H19BrN4O2S/c1-13-9-22-18(27-13)8-16-12-28-20(24-16)25-19-17(7-15(21)10-23-19)26-11-14-5-3-2-4-6-14/h2-7,9-10,16H,8,11-12H2,1H3,(H,23,24,25). The van der Waals surface area contributed by atoms with Crippen molar-refractivity contribution in [3.63, 3.8) is 0 Å². The van der Waals surface area contributed by atoms with Gasteiger partial charge < -0.3 is 14.5 Å². The summed E-state index contributed by atoms with van der Waals surface area (Å²) in [5, 5.41) is 4.13. The average molecular weight is 459 g/mol. The fourth-order valence-electron chi connectivity index (χ4n) is 2.75. The quantitative estimate of drug-likeness (QED) is 0.569. The minimum atomic E-state index is 0.134. The lowest BCUT2D eigenvalue weighted by Gasteiger charge is -2.12. The summed E-state index contributed by atoms with van der Waals surface area (Å²) in [7, 11) is 0. The Morgan fingerprint density at radius 3 is 2.89 bits per heavy atom. The number of amidine groups is 1. The molecule has 1 unspecified atom stereocenters. The molecule has 1 aromatic carbocycles. The molecule has 1 N–H and O–H groups in total. The van der Waals surface area contributed by atoms with Crippen molar-refractivity contribution >= 4 is 38.7 Å². The smallest absolute Gasteiger partial charge is 0.196 e. The third-order valence-electron chi connectivity index (χ3n) is 4.07. The number of benzene rings is 1. The fraction of sp³-hybridized carbons (Fsp3) is 0.250. The molecule has 1 aliphatic heterocycles. The Bertz CT molecular complexity index is 977. The van der Waals surface area contributed by atoms with Gasteiger partial charge in [-0.2, -0.15) is 0 Å². The topological polar surface area (TPSA) is 72.5 Å². The normalized spacial score (nSPS) is 16.1. The van der Waals surface area contributed by atoms with Gasteiger partial charge in [-0.05, 0) is 34.5 Å². The van der Waals surface area contributed by atoms with Gasteiger partial charge in [0, 0.05) is 22.8 Å². The highest BCUT2D eigenvalue weighted by Crippen LogP contribution is 2.29. The monoisotopic (exact) mass is 458 g/mol. The van der Waals surface area contributed by atoms with Crippen molar-refractivity contribution in [2.75, 3.05) is 11.1 Å². The third-order valence-corrected chi connectivity index (χ3v) is 5.54. The molecule has 0 saturated carbocycles. The van der Waals surface area contributed by atoms with E-state index in [-0.39, 0.29) is 6.04 Å². The zero-order valence-corrected chi connectivity index (χ0v) is 17.7. The summed E-state index contributed by atoms with van der Waals surface area (Å²) in [4.78, 5) is 13.5. The highest BCUT2D eigenvalue weighted by molar-refractivity contribution is 9.10. The highest BCUT2D eigenvalue weighted by Gasteiger charge is 2.22. The van der Waals surface area contributed by atoms with Crippen LogP contribution >= 0.6 is 27.7 Å². The van der Waals surface area contributed by atoms with Crippen LogP contribution in [0.4, 0.5) is 5.82 Å². The number of hydrogen-bond donors (Lipinski definition) is 1.